The van der Waals surface area contributed by atoms with Crippen LogP contribution in [0.25, 0.3) is 0 Å². The van der Waals surface area contributed by atoms with Gasteiger partial charge in [0.1, 0.15) is 0 Å². The number of nitrogens with one attached hydrogen (secondary N) is 1. The highest BCUT2D eigenvalue weighted by Crippen LogP contribution is 2.58. The predicted octanol–water partition coefficient (Wildman–Crippen LogP) is 3.31. The zero-order valence-electron chi connectivity index (χ0n) is 14.5. The number of rotatable bonds is 2. The van der Waals surface area contributed by atoms with Crippen molar-refractivity contribution in [2.45, 2.75) is 56.5 Å². The molecule has 0 amide bonds. The Morgan fingerprint density at radius 1 is 1.16 bits per heavy atom. The highest BCUT2D eigenvalue weighted by atomic mass is 32.1. The van der Waals surface area contributed by atoms with E-state index in [9.17, 15) is 5.11 Å². The molecular formula is C20H27N3OS. The van der Waals surface area contributed by atoms with Crippen LogP contribution < -0.4 is 11.2 Å². The third-order valence-electron chi connectivity index (χ3n) is 6.68. The Hall–Kier alpha value is -1.46. The summed E-state index contributed by atoms with van der Waals surface area (Å²) in [4.78, 5) is 0. The van der Waals surface area contributed by atoms with Crippen LogP contribution in [0.15, 0.2) is 35.4 Å². The molecule has 25 heavy (non-hydrogen) atoms. The summed E-state index contributed by atoms with van der Waals surface area (Å²) in [6.45, 7) is 0. The number of fused-ring (bicyclic) bond motifs is 4. The van der Waals surface area contributed by atoms with Crippen LogP contribution in [0.5, 0.6) is 0 Å². The van der Waals surface area contributed by atoms with Crippen molar-refractivity contribution in [3.05, 3.63) is 35.9 Å². The first-order valence-electron chi connectivity index (χ1n) is 9.51. The first kappa shape index (κ1) is 17.0. The van der Waals surface area contributed by atoms with Crippen molar-refractivity contribution in [3.8, 4) is 0 Å². The lowest BCUT2D eigenvalue weighted by Gasteiger charge is -2.57. The lowest BCUT2D eigenvalue weighted by atomic mass is 9.49. The number of thiocarbonyl (C=S) groups is 1. The van der Waals surface area contributed by atoms with Gasteiger partial charge in [-0.2, -0.15) is 5.10 Å². The summed E-state index contributed by atoms with van der Waals surface area (Å²) >= 11 is 4.96. The van der Waals surface area contributed by atoms with Crippen LogP contribution >= 0.6 is 12.2 Å². The first-order chi connectivity index (χ1) is 12.1. The molecule has 4 rings (SSSR count). The van der Waals surface area contributed by atoms with Crippen LogP contribution in [0, 0.1) is 17.8 Å². The molecule has 134 valence electrons. The van der Waals surface area contributed by atoms with Crippen molar-refractivity contribution < 1.29 is 5.11 Å². The summed E-state index contributed by atoms with van der Waals surface area (Å²) in [5.41, 5.74) is 10.2. The van der Waals surface area contributed by atoms with Crippen LogP contribution in [0.2, 0.25) is 0 Å². The van der Waals surface area contributed by atoms with Crippen LogP contribution in [0.4, 0.5) is 0 Å². The highest BCUT2D eigenvalue weighted by Gasteiger charge is 2.58. The Kier molecular flexibility index (Phi) is 4.54. The average Bonchev–Trinajstić information content (AvgIpc) is 2.62. The topological polar surface area (TPSA) is 70.6 Å². The fraction of sp³-hybridized carbons (Fsp3) is 0.600. The van der Waals surface area contributed by atoms with Gasteiger partial charge in [-0.25, -0.2) is 0 Å². The maximum atomic E-state index is 11.8. The van der Waals surface area contributed by atoms with Crippen molar-refractivity contribution in [2.24, 2.45) is 28.6 Å². The molecule has 0 aliphatic heterocycles. The summed E-state index contributed by atoms with van der Waals surface area (Å²) in [5, 5.41) is 16.6. The number of nitrogens with zero attached hydrogens (tertiary/aromatic N) is 1. The van der Waals surface area contributed by atoms with Crippen LogP contribution in [-0.4, -0.2) is 21.5 Å². The lowest BCUT2D eigenvalue weighted by molar-refractivity contribution is -0.111. The van der Waals surface area contributed by atoms with E-state index in [2.05, 4.69) is 40.9 Å². The fourth-order valence-corrected chi connectivity index (χ4v) is 5.84. The summed E-state index contributed by atoms with van der Waals surface area (Å²) in [6, 6.07) is 10.7. The molecule has 0 heterocycles. The molecule has 2 bridgehead atoms. The fourth-order valence-electron chi connectivity index (χ4n) is 5.80. The molecule has 5 heteroatoms. The molecule has 4 nitrogen and oxygen atoms in total. The number of hydrazone groups is 1. The van der Waals surface area contributed by atoms with Crippen molar-refractivity contribution in [3.63, 3.8) is 0 Å². The highest BCUT2D eigenvalue weighted by molar-refractivity contribution is 7.80. The maximum Gasteiger partial charge on any atom is 0.184 e. The standard InChI is InChI=1S/C20H27N3OS/c21-19(25)23-22-18-14-9-6-11-16(18)20(24)12-5-4-10-15(20)17(14)13-7-2-1-3-8-13/h1-3,7-8,14-17,24H,4-6,9-12H2,(H3,21,23,25)/b22-18-/t14-,15+,16+,17-,20-/m0/s1. The Bertz CT molecular complexity index is 677. The lowest BCUT2D eigenvalue weighted by Crippen LogP contribution is -2.61. The molecule has 4 N–H and O–H groups in total. The minimum Gasteiger partial charge on any atom is -0.389 e. The molecule has 1 aromatic rings. The van der Waals surface area contributed by atoms with E-state index in [1.165, 1.54) is 12.0 Å². The Labute approximate surface area is 154 Å². The van der Waals surface area contributed by atoms with Crippen LogP contribution in [0.1, 0.15) is 56.4 Å². The van der Waals surface area contributed by atoms with Crippen molar-refractivity contribution in [1.29, 1.82) is 0 Å². The Morgan fingerprint density at radius 3 is 2.72 bits per heavy atom. The molecule has 5 atom stereocenters. The van der Waals surface area contributed by atoms with Gasteiger partial charge in [-0.15, -0.1) is 0 Å². The second-order valence-corrected chi connectivity index (χ2v) is 8.32. The van der Waals surface area contributed by atoms with Gasteiger partial charge in [0, 0.05) is 17.5 Å². The van der Waals surface area contributed by atoms with Gasteiger partial charge in [-0.3, -0.25) is 5.43 Å². The second kappa shape index (κ2) is 6.69. The van der Waals surface area contributed by atoms with Crippen LogP contribution in [0.3, 0.4) is 0 Å². The monoisotopic (exact) mass is 357 g/mol. The van der Waals surface area contributed by atoms with E-state index < -0.39 is 5.60 Å². The van der Waals surface area contributed by atoms with Gasteiger partial charge < -0.3 is 10.8 Å². The number of benzene rings is 1. The van der Waals surface area contributed by atoms with Crippen molar-refractivity contribution in [2.75, 3.05) is 0 Å². The Balaban J connectivity index is 1.81. The minimum atomic E-state index is -0.646. The molecule has 0 unspecified atom stereocenters. The van der Waals surface area contributed by atoms with E-state index in [0.717, 1.165) is 44.2 Å². The van der Waals surface area contributed by atoms with E-state index in [0.29, 0.717) is 17.8 Å². The molecule has 0 radical (unpaired) electrons. The van der Waals surface area contributed by atoms with E-state index in [1.54, 1.807) is 0 Å². The quantitative estimate of drug-likeness (QED) is 0.561. The third-order valence-corrected chi connectivity index (χ3v) is 6.77. The number of nitrogens with two attached hydrogens (primary N) is 1. The van der Waals surface area contributed by atoms with Gasteiger partial charge in [-0.1, -0.05) is 49.6 Å². The molecular weight excluding hydrogens is 330 g/mol. The summed E-state index contributed by atoms with van der Waals surface area (Å²) in [6.07, 6.45) is 7.60. The van der Waals surface area contributed by atoms with E-state index in [4.69, 9.17) is 18.0 Å². The molecule has 1 aromatic carbocycles. The van der Waals surface area contributed by atoms with E-state index >= 15 is 0 Å². The molecule has 0 spiro atoms. The van der Waals surface area contributed by atoms with E-state index in [1.807, 2.05) is 0 Å². The van der Waals surface area contributed by atoms with Crippen molar-refractivity contribution >= 4 is 23.0 Å². The first-order valence-corrected chi connectivity index (χ1v) is 9.92. The SMILES string of the molecule is NC(=S)N/N=C1/[C@H]2CCC[C@H]1[C@]1(O)CCCC[C@@H]1[C@H]2c1ccccc1. The molecule has 0 saturated heterocycles. The van der Waals surface area contributed by atoms with Gasteiger partial charge in [0.25, 0.3) is 0 Å². The third kappa shape index (κ3) is 2.87. The molecule has 3 aliphatic rings. The average molecular weight is 358 g/mol. The molecule has 3 fully saturated rings. The van der Waals surface area contributed by atoms with Gasteiger partial charge in [0.05, 0.1) is 5.60 Å². The zero-order chi connectivity index (χ0) is 17.4. The smallest absolute Gasteiger partial charge is 0.184 e. The van der Waals surface area contributed by atoms with Gasteiger partial charge >= 0.3 is 0 Å². The van der Waals surface area contributed by atoms with Crippen molar-refractivity contribution in [1.82, 2.24) is 5.43 Å². The van der Waals surface area contributed by atoms with Gasteiger partial charge in [0.2, 0.25) is 0 Å². The summed E-state index contributed by atoms with van der Waals surface area (Å²) in [7, 11) is 0. The van der Waals surface area contributed by atoms with E-state index in [-0.39, 0.29) is 11.0 Å². The van der Waals surface area contributed by atoms with Gasteiger partial charge in [-0.05, 0) is 55.3 Å². The zero-order valence-corrected chi connectivity index (χ0v) is 15.3. The maximum absolute atomic E-state index is 11.8. The number of aliphatic hydroxyl groups is 1. The summed E-state index contributed by atoms with van der Waals surface area (Å²) in [5.74, 6) is 1.16. The second-order valence-electron chi connectivity index (χ2n) is 7.88. The predicted molar refractivity (Wildman–Crippen MR) is 104 cm³/mol. The molecule has 0 aromatic heterocycles. The number of hydrogen-bond acceptors (Lipinski definition) is 3. The van der Waals surface area contributed by atoms with Crippen LogP contribution in [-0.2, 0) is 0 Å². The largest absolute Gasteiger partial charge is 0.389 e. The summed E-state index contributed by atoms with van der Waals surface area (Å²) < 4.78 is 0. The normalized spacial score (nSPS) is 38.8. The molecule has 3 aliphatic carbocycles. The number of hydrogen-bond donors (Lipinski definition) is 3. The van der Waals surface area contributed by atoms with Gasteiger partial charge in [0.15, 0.2) is 5.11 Å². The minimum absolute atomic E-state index is 0.137. The Morgan fingerprint density at radius 2 is 1.96 bits per heavy atom. The molecule has 3 saturated carbocycles.